The van der Waals surface area contributed by atoms with E-state index in [4.69, 9.17) is 10.00 Å². The maximum absolute atomic E-state index is 11.9. The molecule has 1 heterocycles. The fourth-order valence-corrected chi connectivity index (χ4v) is 2.35. The summed E-state index contributed by atoms with van der Waals surface area (Å²) < 4.78 is 4.87. The number of nitrogens with one attached hydrogen (secondary N) is 1. The van der Waals surface area contributed by atoms with E-state index >= 15 is 0 Å². The Labute approximate surface area is 112 Å². The lowest BCUT2D eigenvalue weighted by atomic mass is 9.99. The van der Waals surface area contributed by atoms with E-state index in [1.165, 1.54) is 7.11 Å². The molecule has 1 aliphatic rings. The number of hydrogen-bond acceptors (Lipinski definition) is 5. The zero-order valence-corrected chi connectivity index (χ0v) is 11.4. The van der Waals surface area contributed by atoms with Crippen LogP contribution < -0.4 is 10.2 Å². The summed E-state index contributed by atoms with van der Waals surface area (Å²) in [4.78, 5) is 13.9. The number of benzene rings is 1. The van der Waals surface area contributed by atoms with Crippen LogP contribution in [0.4, 0.5) is 11.4 Å². The molecule has 0 spiro atoms. The van der Waals surface area contributed by atoms with E-state index in [9.17, 15) is 4.79 Å². The number of carbonyl (C=O) groups is 1. The largest absolute Gasteiger partial charge is 0.467 e. The Morgan fingerprint density at radius 2 is 2.26 bits per heavy atom. The highest BCUT2D eigenvalue weighted by molar-refractivity contribution is 5.87. The van der Waals surface area contributed by atoms with Gasteiger partial charge < -0.3 is 15.0 Å². The van der Waals surface area contributed by atoms with Crippen LogP contribution in [0.15, 0.2) is 18.2 Å². The SMILES string of the molecule is COC(=O)C(C)(C)N1CCNc2cc(C#N)ccc21. The van der Waals surface area contributed by atoms with Gasteiger partial charge in [-0.05, 0) is 32.0 Å². The van der Waals surface area contributed by atoms with E-state index in [1.807, 2.05) is 24.8 Å². The van der Waals surface area contributed by atoms with Crippen molar-refractivity contribution in [3.05, 3.63) is 23.8 Å². The van der Waals surface area contributed by atoms with Crippen LogP contribution in [0.2, 0.25) is 0 Å². The number of methoxy groups -OCH3 is 1. The number of rotatable bonds is 2. The predicted octanol–water partition coefficient (Wildman–Crippen LogP) is 1.74. The van der Waals surface area contributed by atoms with Gasteiger partial charge >= 0.3 is 5.97 Å². The molecule has 0 aliphatic carbocycles. The molecule has 0 amide bonds. The van der Waals surface area contributed by atoms with Crippen molar-refractivity contribution in [2.75, 3.05) is 30.4 Å². The van der Waals surface area contributed by atoms with Gasteiger partial charge in [0.25, 0.3) is 0 Å². The summed E-state index contributed by atoms with van der Waals surface area (Å²) in [5.74, 6) is -0.273. The Morgan fingerprint density at radius 3 is 2.89 bits per heavy atom. The first kappa shape index (κ1) is 13.2. The van der Waals surface area contributed by atoms with E-state index in [-0.39, 0.29) is 5.97 Å². The summed E-state index contributed by atoms with van der Waals surface area (Å²) >= 11 is 0. The van der Waals surface area contributed by atoms with Crippen LogP contribution in [-0.2, 0) is 9.53 Å². The van der Waals surface area contributed by atoms with Crippen LogP contribution >= 0.6 is 0 Å². The van der Waals surface area contributed by atoms with Crippen molar-refractivity contribution in [3.63, 3.8) is 0 Å². The molecule has 1 aromatic carbocycles. The molecule has 0 fully saturated rings. The van der Waals surface area contributed by atoms with Crippen LogP contribution in [0.25, 0.3) is 0 Å². The summed E-state index contributed by atoms with van der Waals surface area (Å²) in [6, 6.07) is 7.54. The van der Waals surface area contributed by atoms with Gasteiger partial charge in [0, 0.05) is 13.1 Å². The van der Waals surface area contributed by atoms with Gasteiger partial charge in [0.2, 0.25) is 0 Å². The number of nitrogens with zero attached hydrogens (tertiary/aromatic N) is 2. The number of hydrogen-bond donors (Lipinski definition) is 1. The Balaban J connectivity index is 2.43. The molecule has 0 bridgehead atoms. The summed E-state index contributed by atoms with van der Waals surface area (Å²) in [5.41, 5.74) is 1.66. The van der Waals surface area contributed by atoms with Crippen molar-refractivity contribution in [1.82, 2.24) is 0 Å². The van der Waals surface area contributed by atoms with Gasteiger partial charge in [-0.1, -0.05) is 0 Å². The summed E-state index contributed by atoms with van der Waals surface area (Å²) in [7, 11) is 1.39. The molecule has 0 saturated carbocycles. The Morgan fingerprint density at radius 1 is 1.53 bits per heavy atom. The third-order valence-electron chi connectivity index (χ3n) is 3.43. The van der Waals surface area contributed by atoms with Gasteiger partial charge in [-0.25, -0.2) is 4.79 Å². The first-order valence-electron chi connectivity index (χ1n) is 6.15. The third-order valence-corrected chi connectivity index (χ3v) is 3.43. The standard InChI is InChI=1S/C14H17N3O2/c1-14(2,13(18)19-3)17-7-6-16-11-8-10(9-15)4-5-12(11)17/h4-5,8,16H,6-7H2,1-3H3. The number of ether oxygens (including phenoxy) is 1. The molecule has 100 valence electrons. The zero-order chi connectivity index (χ0) is 14.0. The number of anilines is 2. The van der Waals surface area contributed by atoms with E-state index < -0.39 is 5.54 Å². The molecule has 0 aromatic heterocycles. The second-order valence-corrected chi connectivity index (χ2v) is 4.97. The molecular formula is C14H17N3O2. The van der Waals surface area contributed by atoms with Crippen molar-refractivity contribution in [2.45, 2.75) is 19.4 Å². The Kier molecular flexibility index (Phi) is 3.34. The number of esters is 1. The monoisotopic (exact) mass is 259 g/mol. The van der Waals surface area contributed by atoms with Crippen molar-refractivity contribution in [2.24, 2.45) is 0 Å². The number of fused-ring (bicyclic) bond motifs is 1. The summed E-state index contributed by atoms with van der Waals surface area (Å²) in [5, 5.41) is 12.2. The first-order chi connectivity index (χ1) is 9.00. The van der Waals surface area contributed by atoms with E-state index in [2.05, 4.69) is 11.4 Å². The molecule has 5 nitrogen and oxygen atoms in total. The average molecular weight is 259 g/mol. The van der Waals surface area contributed by atoms with Crippen LogP contribution in [0.5, 0.6) is 0 Å². The number of carbonyl (C=O) groups excluding carboxylic acids is 1. The van der Waals surface area contributed by atoms with E-state index in [0.29, 0.717) is 12.1 Å². The summed E-state index contributed by atoms with van der Waals surface area (Å²) in [6.45, 7) is 5.11. The van der Waals surface area contributed by atoms with Gasteiger partial charge in [0.05, 0.1) is 30.1 Å². The van der Waals surface area contributed by atoms with E-state index in [1.54, 1.807) is 12.1 Å². The number of nitriles is 1. The van der Waals surface area contributed by atoms with Crippen molar-refractivity contribution >= 4 is 17.3 Å². The molecular weight excluding hydrogens is 242 g/mol. The van der Waals surface area contributed by atoms with Crippen LogP contribution in [-0.4, -0.2) is 31.7 Å². The zero-order valence-electron chi connectivity index (χ0n) is 11.4. The molecule has 19 heavy (non-hydrogen) atoms. The van der Waals surface area contributed by atoms with Gasteiger partial charge in [-0.15, -0.1) is 0 Å². The Bertz CT molecular complexity index is 546. The van der Waals surface area contributed by atoms with Gasteiger partial charge in [-0.3, -0.25) is 0 Å². The fourth-order valence-electron chi connectivity index (χ4n) is 2.35. The first-order valence-corrected chi connectivity index (χ1v) is 6.15. The molecule has 0 radical (unpaired) electrons. The van der Waals surface area contributed by atoms with Crippen LogP contribution in [0, 0.1) is 11.3 Å². The highest BCUT2D eigenvalue weighted by Crippen LogP contribution is 2.35. The van der Waals surface area contributed by atoms with Crippen molar-refractivity contribution < 1.29 is 9.53 Å². The van der Waals surface area contributed by atoms with Crippen molar-refractivity contribution in [1.29, 1.82) is 5.26 Å². The Hall–Kier alpha value is -2.22. The molecule has 0 atom stereocenters. The predicted molar refractivity (Wildman–Crippen MR) is 73.1 cm³/mol. The molecule has 1 aromatic rings. The maximum atomic E-state index is 11.9. The normalized spacial score (nSPS) is 14.1. The molecule has 0 unspecified atom stereocenters. The topological polar surface area (TPSA) is 65.4 Å². The third kappa shape index (κ3) is 2.22. The maximum Gasteiger partial charge on any atom is 0.331 e. The fraction of sp³-hybridized carbons (Fsp3) is 0.429. The summed E-state index contributed by atoms with van der Waals surface area (Å²) in [6.07, 6.45) is 0. The molecule has 0 saturated heterocycles. The quantitative estimate of drug-likeness (QED) is 0.819. The van der Waals surface area contributed by atoms with Crippen LogP contribution in [0.1, 0.15) is 19.4 Å². The molecule has 1 N–H and O–H groups in total. The smallest absolute Gasteiger partial charge is 0.331 e. The van der Waals surface area contributed by atoms with Gasteiger partial charge in [-0.2, -0.15) is 5.26 Å². The lowest BCUT2D eigenvalue weighted by molar-refractivity contribution is -0.145. The molecule has 5 heteroatoms. The van der Waals surface area contributed by atoms with Gasteiger partial charge in [0.15, 0.2) is 0 Å². The minimum atomic E-state index is -0.736. The minimum absolute atomic E-state index is 0.273. The lowest BCUT2D eigenvalue weighted by Gasteiger charge is -2.41. The highest BCUT2D eigenvalue weighted by Gasteiger charge is 2.38. The van der Waals surface area contributed by atoms with Crippen molar-refractivity contribution in [3.8, 4) is 6.07 Å². The molecule has 2 rings (SSSR count). The second-order valence-electron chi connectivity index (χ2n) is 4.97. The van der Waals surface area contributed by atoms with E-state index in [0.717, 1.165) is 17.9 Å². The lowest BCUT2D eigenvalue weighted by Crippen LogP contribution is -2.54. The molecule has 1 aliphatic heterocycles. The second kappa shape index (κ2) is 4.81. The minimum Gasteiger partial charge on any atom is -0.467 e. The average Bonchev–Trinajstić information content (AvgIpc) is 2.44. The highest BCUT2D eigenvalue weighted by atomic mass is 16.5. The van der Waals surface area contributed by atoms with Crippen LogP contribution in [0.3, 0.4) is 0 Å². The van der Waals surface area contributed by atoms with Gasteiger partial charge in [0.1, 0.15) is 5.54 Å².